The third kappa shape index (κ3) is 4.21. The van der Waals surface area contributed by atoms with Crippen molar-refractivity contribution in [2.45, 2.75) is 6.61 Å². The number of alkyl halides is 2. The molecule has 4 rings (SSSR count). The van der Waals surface area contributed by atoms with Gasteiger partial charge < -0.3 is 14.8 Å². The molecule has 2 aromatic heterocycles. The number of fused-ring (bicyclic) bond motifs is 1. The maximum atomic E-state index is 12.7. The van der Waals surface area contributed by atoms with Gasteiger partial charge in [-0.25, -0.2) is 4.98 Å². The van der Waals surface area contributed by atoms with E-state index in [1.165, 1.54) is 18.4 Å². The summed E-state index contributed by atoms with van der Waals surface area (Å²) < 4.78 is 36.2. The van der Waals surface area contributed by atoms with Crippen LogP contribution in [0.15, 0.2) is 54.2 Å². The highest BCUT2D eigenvalue weighted by Crippen LogP contribution is 2.36. The van der Waals surface area contributed by atoms with Crippen LogP contribution < -0.4 is 14.8 Å². The molecule has 0 aliphatic carbocycles. The zero-order valence-electron chi connectivity index (χ0n) is 16.3. The van der Waals surface area contributed by atoms with Gasteiger partial charge in [-0.05, 0) is 12.1 Å². The normalized spacial score (nSPS) is 11.0. The van der Waals surface area contributed by atoms with Crippen molar-refractivity contribution in [3.63, 3.8) is 0 Å². The van der Waals surface area contributed by atoms with Crippen molar-refractivity contribution in [2.24, 2.45) is 0 Å². The Morgan fingerprint density at radius 2 is 2.00 bits per heavy atom. The fourth-order valence-electron chi connectivity index (χ4n) is 3.02. The Labute approximate surface area is 183 Å². The van der Waals surface area contributed by atoms with Gasteiger partial charge in [-0.3, -0.25) is 19.3 Å². The molecule has 0 aliphatic heterocycles. The summed E-state index contributed by atoms with van der Waals surface area (Å²) in [5.74, 6) is -1.60. The average Bonchev–Trinajstić information content (AvgIpc) is 3.36. The maximum Gasteiger partial charge on any atom is 0.387 e. The van der Waals surface area contributed by atoms with Crippen LogP contribution in [0.4, 0.5) is 20.2 Å². The van der Waals surface area contributed by atoms with Crippen LogP contribution in [0.3, 0.4) is 0 Å². The molecule has 9 nitrogen and oxygen atoms in total. The molecule has 2 aromatic carbocycles. The molecule has 4 aromatic rings. The Morgan fingerprint density at radius 1 is 1.25 bits per heavy atom. The number of imidazole rings is 1. The number of methoxy groups -OCH3 is 1. The predicted molar refractivity (Wildman–Crippen MR) is 113 cm³/mol. The van der Waals surface area contributed by atoms with Gasteiger partial charge in [0.1, 0.15) is 5.56 Å². The standard InChI is InChI=1S/C20H14F2N4O5S/c1-30-16-8-13(15(26(28)29)9-17(16)31-19(21)22)18(27)23-12-4-2-11(3-5-12)14-10-25-6-7-32-20(25)24-14/h2-10,19H,1H3,(H,23,27). The third-order valence-electron chi connectivity index (χ3n) is 4.47. The van der Waals surface area contributed by atoms with Crippen molar-refractivity contribution in [1.29, 1.82) is 0 Å². The molecule has 0 fully saturated rings. The Balaban J connectivity index is 1.58. The number of anilines is 1. The van der Waals surface area contributed by atoms with E-state index in [1.807, 2.05) is 22.2 Å². The minimum absolute atomic E-state index is 0.240. The second-order valence-electron chi connectivity index (χ2n) is 6.41. The summed E-state index contributed by atoms with van der Waals surface area (Å²) in [5, 5.41) is 15.9. The minimum atomic E-state index is -3.22. The van der Waals surface area contributed by atoms with Gasteiger partial charge in [0, 0.05) is 35.1 Å². The lowest BCUT2D eigenvalue weighted by Crippen LogP contribution is -2.15. The van der Waals surface area contributed by atoms with Gasteiger partial charge >= 0.3 is 6.61 Å². The molecule has 0 bridgehead atoms. The van der Waals surface area contributed by atoms with Crippen molar-refractivity contribution in [2.75, 3.05) is 12.4 Å². The van der Waals surface area contributed by atoms with Crippen molar-refractivity contribution in [1.82, 2.24) is 9.38 Å². The van der Waals surface area contributed by atoms with E-state index in [0.717, 1.165) is 28.4 Å². The van der Waals surface area contributed by atoms with E-state index < -0.39 is 28.9 Å². The smallest absolute Gasteiger partial charge is 0.387 e. The number of amides is 1. The maximum absolute atomic E-state index is 12.7. The van der Waals surface area contributed by atoms with Crippen LogP contribution in [0.25, 0.3) is 16.2 Å². The van der Waals surface area contributed by atoms with Gasteiger partial charge in [0.05, 0.1) is 23.8 Å². The molecular weight excluding hydrogens is 446 g/mol. The van der Waals surface area contributed by atoms with Crippen molar-refractivity contribution in [3.05, 3.63) is 69.8 Å². The van der Waals surface area contributed by atoms with Crippen molar-refractivity contribution < 1.29 is 28.0 Å². The van der Waals surface area contributed by atoms with E-state index in [0.29, 0.717) is 5.69 Å². The Hall–Kier alpha value is -4.06. The summed E-state index contributed by atoms with van der Waals surface area (Å²) in [4.78, 5) is 28.6. The van der Waals surface area contributed by atoms with E-state index in [4.69, 9.17) is 4.74 Å². The van der Waals surface area contributed by atoms with E-state index in [-0.39, 0.29) is 11.3 Å². The van der Waals surface area contributed by atoms with Gasteiger partial charge in [0.25, 0.3) is 11.6 Å². The number of nitro groups is 1. The molecule has 32 heavy (non-hydrogen) atoms. The molecule has 1 amide bonds. The van der Waals surface area contributed by atoms with Crippen LogP contribution in [0.2, 0.25) is 0 Å². The Bertz CT molecular complexity index is 1270. The van der Waals surface area contributed by atoms with Crippen molar-refractivity contribution in [3.8, 4) is 22.8 Å². The number of ether oxygens (including phenoxy) is 2. The first-order valence-electron chi connectivity index (χ1n) is 9.01. The first-order chi connectivity index (χ1) is 15.4. The van der Waals surface area contributed by atoms with Crippen LogP contribution in [-0.2, 0) is 0 Å². The second kappa shape index (κ2) is 8.59. The van der Waals surface area contributed by atoms with Crippen LogP contribution in [-0.4, -0.2) is 33.9 Å². The van der Waals surface area contributed by atoms with E-state index >= 15 is 0 Å². The lowest BCUT2D eigenvalue weighted by Gasteiger charge is -2.12. The number of hydrogen-bond donors (Lipinski definition) is 1. The summed E-state index contributed by atoms with van der Waals surface area (Å²) in [6, 6.07) is 8.45. The topological polar surface area (TPSA) is 108 Å². The van der Waals surface area contributed by atoms with Gasteiger partial charge in [-0.2, -0.15) is 8.78 Å². The number of aromatic nitrogens is 2. The van der Waals surface area contributed by atoms with Gasteiger partial charge in [0.15, 0.2) is 16.5 Å². The second-order valence-corrected chi connectivity index (χ2v) is 7.28. The number of carbonyl (C=O) groups is 1. The number of thiazole rings is 1. The summed E-state index contributed by atoms with van der Waals surface area (Å²) in [7, 11) is 1.17. The van der Waals surface area contributed by atoms with E-state index in [1.54, 1.807) is 24.3 Å². The van der Waals surface area contributed by atoms with Crippen LogP contribution >= 0.6 is 11.3 Å². The molecule has 1 N–H and O–H groups in total. The fraction of sp³-hybridized carbons (Fsp3) is 0.100. The summed E-state index contributed by atoms with van der Waals surface area (Å²) in [6.07, 6.45) is 3.77. The predicted octanol–water partition coefficient (Wildman–Crippen LogP) is 4.83. The highest BCUT2D eigenvalue weighted by atomic mass is 32.1. The monoisotopic (exact) mass is 460 g/mol. The van der Waals surface area contributed by atoms with Crippen LogP contribution in [0, 0.1) is 10.1 Å². The SMILES string of the molecule is COc1cc(C(=O)Nc2ccc(-c3cn4ccsc4n3)cc2)c([N+](=O)[O-])cc1OC(F)F. The van der Waals surface area contributed by atoms with Crippen LogP contribution in [0.1, 0.15) is 10.4 Å². The molecule has 12 heteroatoms. The zero-order valence-corrected chi connectivity index (χ0v) is 17.1. The summed E-state index contributed by atoms with van der Waals surface area (Å²) >= 11 is 1.50. The molecule has 2 heterocycles. The largest absolute Gasteiger partial charge is 0.493 e. The number of nitro benzene ring substituents is 1. The Kier molecular flexibility index (Phi) is 5.69. The lowest BCUT2D eigenvalue weighted by atomic mass is 10.1. The number of nitrogens with one attached hydrogen (secondary N) is 1. The number of hydrogen-bond acceptors (Lipinski definition) is 7. The summed E-state index contributed by atoms with van der Waals surface area (Å²) in [5.41, 5.74) is 0.881. The molecule has 0 saturated carbocycles. The van der Waals surface area contributed by atoms with Crippen molar-refractivity contribution >= 4 is 33.6 Å². The quantitative estimate of drug-likeness (QED) is 0.313. The molecule has 0 radical (unpaired) electrons. The highest BCUT2D eigenvalue weighted by molar-refractivity contribution is 7.15. The number of halogens is 2. The number of benzene rings is 2. The highest BCUT2D eigenvalue weighted by Gasteiger charge is 2.26. The fourth-order valence-corrected chi connectivity index (χ4v) is 3.72. The zero-order chi connectivity index (χ0) is 22.8. The average molecular weight is 460 g/mol. The number of carbonyl (C=O) groups excluding carboxylic acids is 1. The Morgan fingerprint density at radius 3 is 2.62 bits per heavy atom. The minimum Gasteiger partial charge on any atom is -0.493 e. The third-order valence-corrected chi connectivity index (χ3v) is 5.24. The van der Waals surface area contributed by atoms with Gasteiger partial charge in [0.2, 0.25) is 0 Å². The van der Waals surface area contributed by atoms with Gasteiger partial charge in [-0.1, -0.05) is 12.1 Å². The first-order valence-corrected chi connectivity index (χ1v) is 9.89. The van der Waals surface area contributed by atoms with Gasteiger partial charge in [-0.15, -0.1) is 11.3 Å². The number of rotatable bonds is 7. The van der Waals surface area contributed by atoms with E-state index in [2.05, 4.69) is 15.0 Å². The molecule has 0 aliphatic rings. The molecule has 0 saturated heterocycles. The van der Waals surface area contributed by atoms with Crippen LogP contribution in [0.5, 0.6) is 11.5 Å². The molecule has 0 atom stereocenters. The molecular formula is C20H14F2N4O5S. The lowest BCUT2D eigenvalue weighted by molar-refractivity contribution is -0.385. The molecule has 0 unspecified atom stereocenters. The van der Waals surface area contributed by atoms with E-state index in [9.17, 15) is 23.7 Å². The molecule has 164 valence electrons. The molecule has 0 spiro atoms. The first kappa shape index (κ1) is 21.2. The summed E-state index contributed by atoms with van der Waals surface area (Å²) in [6.45, 7) is -3.22. The number of nitrogens with zero attached hydrogens (tertiary/aromatic N) is 3.